The molecular formula is C16H24N2O2. The molecule has 0 atom stereocenters. The largest absolute Gasteiger partial charge is 0.483 e. The molecule has 1 fully saturated rings. The Balaban J connectivity index is 1.90. The van der Waals surface area contributed by atoms with Gasteiger partial charge in [-0.25, -0.2) is 0 Å². The lowest BCUT2D eigenvalue weighted by Gasteiger charge is -2.16. The third-order valence-electron chi connectivity index (χ3n) is 3.73. The summed E-state index contributed by atoms with van der Waals surface area (Å²) in [6.07, 6.45) is 4.63. The average Bonchev–Trinajstić information content (AvgIpc) is 2.91. The van der Waals surface area contributed by atoms with E-state index in [1.165, 1.54) is 12.8 Å². The number of carbonyl (C=O) groups excluding carboxylic acids is 1. The molecule has 20 heavy (non-hydrogen) atoms. The number of rotatable bonds is 6. The van der Waals surface area contributed by atoms with Crippen LogP contribution in [0.5, 0.6) is 5.75 Å². The summed E-state index contributed by atoms with van der Waals surface area (Å²) < 4.78 is 5.74. The maximum Gasteiger partial charge on any atom is 0.258 e. The summed E-state index contributed by atoms with van der Waals surface area (Å²) in [5, 5.41) is 6.16. The number of aryl methyl sites for hydroxylation is 1. The summed E-state index contributed by atoms with van der Waals surface area (Å²) in [5.74, 6) is 0.805. The summed E-state index contributed by atoms with van der Waals surface area (Å²) in [7, 11) is 1.90. The van der Waals surface area contributed by atoms with Crippen LogP contribution < -0.4 is 15.4 Å². The normalized spacial score (nSPS) is 15.3. The van der Waals surface area contributed by atoms with Crippen LogP contribution in [0, 0.1) is 6.92 Å². The SMILES string of the molecule is CNCc1cccc(C)c1OCC(=O)NC1CCCC1. The molecule has 1 saturated carbocycles. The van der Waals surface area contributed by atoms with Crippen molar-refractivity contribution >= 4 is 5.91 Å². The molecule has 1 aliphatic rings. The predicted octanol–water partition coefficient (Wildman–Crippen LogP) is 2.15. The van der Waals surface area contributed by atoms with E-state index in [1.54, 1.807) is 0 Å². The van der Waals surface area contributed by atoms with Crippen LogP contribution in [0.25, 0.3) is 0 Å². The number of amides is 1. The van der Waals surface area contributed by atoms with E-state index in [0.29, 0.717) is 6.04 Å². The lowest BCUT2D eigenvalue weighted by molar-refractivity contribution is -0.123. The van der Waals surface area contributed by atoms with Gasteiger partial charge in [-0.05, 0) is 32.4 Å². The number of benzene rings is 1. The second kappa shape index (κ2) is 7.29. The minimum atomic E-state index is -0.0180. The van der Waals surface area contributed by atoms with Crippen LogP contribution in [0.1, 0.15) is 36.8 Å². The Morgan fingerprint density at radius 2 is 2.10 bits per heavy atom. The first-order valence-corrected chi connectivity index (χ1v) is 7.36. The topological polar surface area (TPSA) is 50.4 Å². The zero-order valence-corrected chi connectivity index (χ0v) is 12.4. The van der Waals surface area contributed by atoms with Crippen LogP contribution in [-0.2, 0) is 11.3 Å². The molecule has 1 amide bonds. The van der Waals surface area contributed by atoms with E-state index >= 15 is 0 Å². The molecule has 0 radical (unpaired) electrons. The van der Waals surface area contributed by atoms with Gasteiger partial charge in [-0.15, -0.1) is 0 Å². The number of ether oxygens (including phenoxy) is 1. The lowest BCUT2D eigenvalue weighted by atomic mass is 10.1. The minimum absolute atomic E-state index is 0.0180. The van der Waals surface area contributed by atoms with E-state index in [-0.39, 0.29) is 12.5 Å². The highest BCUT2D eigenvalue weighted by Crippen LogP contribution is 2.23. The van der Waals surface area contributed by atoms with E-state index in [2.05, 4.69) is 10.6 Å². The third-order valence-corrected chi connectivity index (χ3v) is 3.73. The first kappa shape index (κ1) is 14.9. The van der Waals surface area contributed by atoms with Gasteiger partial charge in [0.25, 0.3) is 5.91 Å². The molecule has 0 heterocycles. The molecule has 1 aromatic rings. The van der Waals surface area contributed by atoms with Gasteiger partial charge in [0.05, 0.1) is 0 Å². The van der Waals surface area contributed by atoms with Crippen molar-refractivity contribution in [2.75, 3.05) is 13.7 Å². The van der Waals surface area contributed by atoms with Gasteiger partial charge in [0.15, 0.2) is 6.61 Å². The van der Waals surface area contributed by atoms with Gasteiger partial charge >= 0.3 is 0 Å². The van der Waals surface area contributed by atoms with Crippen LogP contribution in [0.4, 0.5) is 0 Å². The Morgan fingerprint density at radius 3 is 2.80 bits per heavy atom. The molecule has 1 aliphatic carbocycles. The second-order valence-electron chi connectivity index (χ2n) is 5.43. The van der Waals surface area contributed by atoms with Crippen LogP contribution in [0.3, 0.4) is 0 Å². The van der Waals surface area contributed by atoms with Crippen molar-refractivity contribution in [3.63, 3.8) is 0 Å². The maximum atomic E-state index is 11.9. The van der Waals surface area contributed by atoms with Crippen LogP contribution in [-0.4, -0.2) is 25.6 Å². The third kappa shape index (κ3) is 3.97. The van der Waals surface area contributed by atoms with Crippen molar-refractivity contribution in [2.45, 2.75) is 45.2 Å². The van der Waals surface area contributed by atoms with Crippen molar-refractivity contribution in [3.05, 3.63) is 29.3 Å². The van der Waals surface area contributed by atoms with Crippen molar-refractivity contribution in [1.82, 2.24) is 10.6 Å². The van der Waals surface area contributed by atoms with E-state index in [1.807, 2.05) is 32.2 Å². The summed E-state index contributed by atoms with van der Waals surface area (Å²) in [6.45, 7) is 2.84. The summed E-state index contributed by atoms with van der Waals surface area (Å²) in [5.41, 5.74) is 2.15. The molecular weight excluding hydrogens is 252 g/mol. The molecule has 0 aromatic heterocycles. The van der Waals surface area contributed by atoms with Crippen molar-refractivity contribution in [1.29, 1.82) is 0 Å². The van der Waals surface area contributed by atoms with Crippen LogP contribution in [0.2, 0.25) is 0 Å². The Hall–Kier alpha value is -1.55. The summed E-state index contributed by atoms with van der Waals surface area (Å²) >= 11 is 0. The molecule has 4 nitrogen and oxygen atoms in total. The minimum Gasteiger partial charge on any atom is -0.483 e. The molecule has 4 heteroatoms. The van der Waals surface area contributed by atoms with Gasteiger partial charge in [0.1, 0.15) is 5.75 Å². The second-order valence-corrected chi connectivity index (χ2v) is 5.43. The van der Waals surface area contributed by atoms with E-state index in [9.17, 15) is 4.79 Å². The molecule has 110 valence electrons. The standard InChI is InChI=1S/C16H24N2O2/c1-12-6-5-7-13(10-17-2)16(12)20-11-15(19)18-14-8-3-4-9-14/h5-7,14,17H,3-4,8-11H2,1-2H3,(H,18,19). The Morgan fingerprint density at radius 1 is 1.35 bits per heavy atom. The molecule has 0 bridgehead atoms. The van der Waals surface area contributed by atoms with E-state index < -0.39 is 0 Å². The zero-order valence-electron chi connectivity index (χ0n) is 12.4. The van der Waals surface area contributed by atoms with Crippen molar-refractivity contribution < 1.29 is 9.53 Å². The molecule has 0 unspecified atom stereocenters. The van der Waals surface area contributed by atoms with Gasteiger partial charge in [-0.1, -0.05) is 31.0 Å². The van der Waals surface area contributed by atoms with E-state index in [4.69, 9.17) is 4.74 Å². The van der Waals surface area contributed by atoms with Gasteiger partial charge in [0, 0.05) is 18.2 Å². The van der Waals surface area contributed by atoms with Crippen molar-refractivity contribution in [2.24, 2.45) is 0 Å². The number of para-hydroxylation sites is 1. The molecule has 0 aliphatic heterocycles. The molecule has 2 N–H and O–H groups in total. The Kier molecular flexibility index (Phi) is 5.41. The summed E-state index contributed by atoms with van der Waals surface area (Å²) in [4.78, 5) is 11.9. The lowest BCUT2D eigenvalue weighted by Crippen LogP contribution is -2.36. The molecule has 2 rings (SSSR count). The molecule has 0 spiro atoms. The fourth-order valence-corrected chi connectivity index (χ4v) is 2.73. The van der Waals surface area contributed by atoms with Crippen LogP contribution in [0.15, 0.2) is 18.2 Å². The van der Waals surface area contributed by atoms with Gasteiger partial charge < -0.3 is 15.4 Å². The van der Waals surface area contributed by atoms with Crippen molar-refractivity contribution in [3.8, 4) is 5.75 Å². The van der Waals surface area contributed by atoms with Gasteiger partial charge in [0.2, 0.25) is 0 Å². The summed E-state index contributed by atoms with van der Waals surface area (Å²) in [6, 6.07) is 6.38. The molecule has 1 aromatic carbocycles. The maximum absolute atomic E-state index is 11.9. The predicted molar refractivity (Wildman–Crippen MR) is 79.8 cm³/mol. The Bertz CT molecular complexity index is 454. The quantitative estimate of drug-likeness (QED) is 0.837. The Labute approximate surface area is 120 Å². The van der Waals surface area contributed by atoms with Gasteiger partial charge in [-0.3, -0.25) is 4.79 Å². The monoisotopic (exact) mass is 276 g/mol. The first-order chi connectivity index (χ1) is 9.70. The smallest absolute Gasteiger partial charge is 0.258 e. The fourth-order valence-electron chi connectivity index (χ4n) is 2.73. The highest BCUT2D eigenvalue weighted by Gasteiger charge is 2.17. The number of carbonyl (C=O) groups is 1. The number of nitrogens with one attached hydrogen (secondary N) is 2. The zero-order chi connectivity index (χ0) is 14.4. The molecule has 0 saturated heterocycles. The first-order valence-electron chi connectivity index (χ1n) is 7.36. The number of hydrogen-bond acceptors (Lipinski definition) is 3. The average molecular weight is 276 g/mol. The number of hydrogen-bond donors (Lipinski definition) is 2. The van der Waals surface area contributed by atoms with Gasteiger partial charge in [-0.2, -0.15) is 0 Å². The fraction of sp³-hybridized carbons (Fsp3) is 0.562. The highest BCUT2D eigenvalue weighted by atomic mass is 16.5. The van der Waals surface area contributed by atoms with Crippen LogP contribution >= 0.6 is 0 Å². The highest BCUT2D eigenvalue weighted by molar-refractivity contribution is 5.78. The van der Waals surface area contributed by atoms with E-state index in [0.717, 1.165) is 36.3 Å².